The fourth-order valence-electron chi connectivity index (χ4n) is 3.23. The number of carbonyl (C=O) groups is 1. The van der Waals surface area contributed by atoms with Gasteiger partial charge in [-0.3, -0.25) is 0 Å². The number of ether oxygens (including phenoxy) is 1. The number of rotatable bonds is 7. The number of hydrogen-bond acceptors (Lipinski definition) is 9. The maximum Gasteiger partial charge on any atom is 0.330 e. The summed E-state index contributed by atoms with van der Waals surface area (Å²) in [7, 11) is 0. The van der Waals surface area contributed by atoms with Crippen LogP contribution in [-0.4, -0.2) is 60.7 Å². The van der Waals surface area contributed by atoms with Crippen LogP contribution in [0.4, 0.5) is 9.52 Å². The number of benzene rings is 1. The molecule has 1 unspecified atom stereocenters. The van der Waals surface area contributed by atoms with E-state index in [2.05, 4.69) is 46.4 Å². The number of piperidine rings is 1. The maximum absolute atomic E-state index is 13.5. The van der Waals surface area contributed by atoms with Crippen LogP contribution in [0, 0.1) is 5.82 Å². The second-order valence-corrected chi connectivity index (χ2v) is 8.77. The molecule has 1 atom stereocenters. The van der Waals surface area contributed by atoms with Crippen molar-refractivity contribution in [3.8, 4) is 16.6 Å². The zero-order valence-corrected chi connectivity index (χ0v) is 18.9. The Morgan fingerprint density at radius 2 is 2.13 bits per heavy atom. The quantitative estimate of drug-likeness (QED) is 0.509. The van der Waals surface area contributed by atoms with Crippen molar-refractivity contribution in [1.29, 1.82) is 0 Å². The second kappa shape index (κ2) is 9.22. The highest BCUT2D eigenvalue weighted by molar-refractivity contribution is 9.10. The third-order valence-electron chi connectivity index (χ3n) is 4.88. The van der Waals surface area contributed by atoms with E-state index < -0.39 is 12.0 Å². The summed E-state index contributed by atoms with van der Waals surface area (Å²) in [5.74, 6) is -0.605. The summed E-state index contributed by atoms with van der Waals surface area (Å²) in [6, 6.07) is 3.52. The number of anilines is 1. The van der Waals surface area contributed by atoms with Crippen molar-refractivity contribution in [2.75, 3.05) is 18.0 Å². The Bertz CT molecular complexity index is 1070. The van der Waals surface area contributed by atoms with Crippen LogP contribution in [-0.2, 0) is 4.79 Å². The van der Waals surface area contributed by atoms with E-state index in [0.29, 0.717) is 30.3 Å². The highest BCUT2D eigenvalue weighted by Crippen LogP contribution is 2.31. The fourth-order valence-corrected chi connectivity index (χ4v) is 4.39. The van der Waals surface area contributed by atoms with Crippen LogP contribution < -0.4 is 9.64 Å². The van der Waals surface area contributed by atoms with E-state index in [0.717, 1.165) is 27.2 Å². The molecule has 31 heavy (non-hydrogen) atoms. The topological polar surface area (TPSA) is 119 Å². The highest BCUT2D eigenvalue weighted by Gasteiger charge is 2.26. The van der Waals surface area contributed by atoms with Gasteiger partial charge in [0, 0.05) is 32.0 Å². The van der Waals surface area contributed by atoms with Crippen LogP contribution in [0.2, 0.25) is 0 Å². The van der Waals surface area contributed by atoms with Crippen LogP contribution in [0.25, 0.3) is 10.8 Å². The average Bonchev–Trinajstić information content (AvgIpc) is 3.42. The first-order valence-electron chi connectivity index (χ1n) is 9.67. The van der Waals surface area contributed by atoms with Crippen molar-refractivity contribution in [2.24, 2.45) is 0 Å². The Kier molecular flexibility index (Phi) is 6.41. The van der Waals surface area contributed by atoms with E-state index in [9.17, 15) is 14.3 Å². The Hall–Kier alpha value is -2.67. The number of tetrazole rings is 1. The summed E-state index contributed by atoms with van der Waals surface area (Å²) in [6.07, 6.45) is 1.83. The summed E-state index contributed by atoms with van der Waals surface area (Å²) in [5.41, 5.74) is 0. The molecule has 1 saturated heterocycles. The molecular weight excluding hydrogens is 493 g/mol. The van der Waals surface area contributed by atoms with Gasteiger partial charge in [-0.25, -0.2) is 9.18 Å². The van der Waals surface area contributed by atoms with Crippen LogP contribution in [0.15, 0.2) is 22.7 Å². The van der Waals surface area contributed by atoms with Crippen molar-refractivity contribution in [3.05, 3.63) is 28.5 Å². The Balaban J connectivity index is 1.38. The van der Waals surface area contributed by atoms with Gasteiger partial charge in [-0.2, -0.15) is 0 Å². The van der Waals surface area contributed by atoms with Gasteiger partial charge in [0.1, 0.15) is 17.7 Å². The van der Waals surface area contributed by atoms with Crippen LogP contribution in [0.5, 0.6) is 5.75 Å². The number of aliphatic carboxylic acids is 1. The Morgan fingerprint density at radius 3 is 2.84 bits per heavy atom. The molecule has 1 aliphatic heterocycles. The van der Waals surface area contributed by atoms with Gasteiger partial charge in [0.05, 0.1) is 4.47 Å². The molecule has 164 valence electrons. The van der Waals surface area contributed by atoms with Crippen LogP contribution >= 0.6 is 27.3 Å². The SMILES string of the molecule is CCC(C(=O)O)n1nnc(-c2nnc(N3CCC(Oc4cc(F)ccc4Br)CC3)s2)n1. The summed E-state index contributed by atoms with van der Waals surface area (Å²) in [5, 5.41) is 30.7. The zero-order chi connectivity index (χ0) is 22.0. The molecule has 13 heteroatoms. The second-order valence-electron chi connectivity index (χ2n) is 6.96. The molecule has 1 aromatic carbocycles. The van der Waals surface area contributed by atoms with E-state index in [-0.39, 0.29) is 17.7 Å². The molecule has 0 aliphatic carbocycles. The van der Waals surface area contributed by atoms with Crippen molar-refractivity contribution in [3.63, 3.8) is 0 Å². The van der Waals surface area contributed by atoms with Gasteiger partial charge in [-0.05, 0) is 39.7 Å². The monoisotopic (exact) mass is 511 g/mol. The van der Waals surface area contributed by atoms with E-state index in [1.54, 1.807) is 13.0 Å². The van der Waals surface area contributed by atoms with Crippen LogP contribution in [0.1, 0.15) is 32.2 Å². The zero-order valence-electron chi connectivity index (χ0n) is 16.5. The fraction of sp³-hybridized carbons (Fsp3) is 0.444. The lowest BCUT2D eigenvalue weighted by molar-refractivity contribution is -0.141. The maximum atomic E-state index is 13.5. The number of carboxylic acid groups (broad SMARTS) is 1. The number of hydrogen-bond donors (Lipinski definition) is 1. The number of aromatic nitrogens is 6. The summed E-state index contributed by atoms with van der Waals surface area (Å²) < 4.78 is 20.1. The van der Waals surface area contributed by atoms with Crippen LogP contribution in [0.3, 0.4) is 0 Å². The first-order chi connectivity index (χ1) is 14.9. The lowest BCUT2D eigenvalue weighted by Gasteiger charge is -2.31. The van der Waals surface area contributed by atoms with Gasteiger partial charge in [0.2, 0.25) is 11.0 Å². The minimum Gasteiger partial charge on any atom is -0.489 e. The van der Waals surface area contributed by atoms with Gasteiger partial charge >= 0.3 is 5.97 Å². The van der Waals surface area contributed by atoms with Gasteiger partial charge in [0.25, 0.3) is 0 Å². The minimum atomic E-state index is -1.01. The molecule has 2 aromatic heterocycles. The Morgan fingerprint density at radius 1 is 1.35 bits per heavy atom. The molecule has 0 saturated carbocycles. The van der Waals surface area contributed by atoms with Crippen molar-refractivity contribution < 1.29 is 19.0 Å². The van der Waals surface area contributed by atoms with E-state index in [1.807, 2.05) is 0 Å². The smallest absolute Gasteiger partial charge is 0.330 e. The lowest BCUT2D eigenvalue weighted by atomic mass is 10.1. The lowest BCUT2D eigenvalue weighted by Crippen LogP contribution is -2.38. The van der Waals surface area contributed by atoms with Gasteiger partial charge in [-0.1, -0.05) is 18.3 Å². The van der Waals surface area contributed by atoms with Gasteiger partial charge in [-0.15, -0.1) is 25.2 Å². The molecule has 1 aliphatic rings. The predicted molar refractivity (Wildman–Crippen MR) is 114 cm³/mol. The molecule has 4 rings (SSSR count). The van der Waals surface area contributed by atoms with E-state index in [4.69, 9.17) is 4.74 Å². The highest BCUT2D eigenvalue weighted by atomic mass is 79.9. The number of nitrogens with zero attached hydrogens (tertiary/aromatic N) is 7. The molecule has 3 aromatic rings. The molecule has 3 heterocycles. The first-order valence-corrected chi connectivity index (χ1v) is 11.3. The summed E-state index contributed by atoms with van der Waals surface area (Å²) in [6.45, 7) is 3.16. The minimum absolute atomic E-state index is 0.0229. The van der Waals surface area contributed by atoms with Crippen molar-refractivity contribution in [1.82, 2.24) is 30.4 Å². The van der Waals surface area contributed by atoms with E-state index in [1.165, 1.54) is 23.5 Å². The van der Waals surface area contributed by atoms with Crippen molar-refractivity contribution in [2.45, 2.75) is 38.3 Å². The normalized spacial score (nSPS) is 15.8. The first kappa shape index (κ1) is 21.6. The molecule has 1 N–H and O–H groups in total. The van der Waals surface area contributed by atoms with Gasteiger partial charge < -0.3 is 14.7 Å². The molecule has 0 amide bonds. The third kappa shape index (κ3) is 4.82. The molecule has 10 nitrogen and oxygen atoms in total. The predicted octanol–water partition coefficient (Wildman–Crippen LogP) is 3.18. The summed E-state index contributed by atoms with van der Waals surface area (Å²) >= 11 is 4.71. The molecule has 0 bridgehead atoms. The molecular formula is C18H19BrFN7O3S. The number of carboxylic acids is 1. The molecule has 1 fully saturated rings. The summed E-state index contributed by atoms with van der Waals surface area (Å²) in [4.78, 5) is 14.5. The van der Waals surface area contributed by atoms with Crippen molar-refractivity contribution >= 4 is 38.4 Å². The van der Waals surface area contributed by atoms with Gasteiger partial charge in [0.15, 0.2) is 11.0 Å². The Labute approximate surface area is 189 Å². The number of halogens is 2. The third-order valence-corrected chi connectivity index (χ3v) is 6.52. The standard InChI is InChI=1S/C18H19BrFN7O3S/c1-2-13(17(28)29)27-24-15(21-25-27)16-22-23-18(31-16)26-7-5-11(6-8-26)30-14-9-10(20)3-4-12(14)19/h3-4,9,11,13H,2,5-8H2,1H3,(H,28,29). The molecule has 0 radical (unpaired) electrons. The van der Waals surface area contributed by atoms with E-state index >= 15 is 0 Å². The molecule has 0 spiro atoms. The average molecular weight is 512 g/mol. The largest absolute Gasteiger partial charge is 0.489 e.